The quantitative estimate of drug-likeness (QED) is 0.414. The van der Waals surface area contributed by atoms with Crippen molar-refractivity contribution in [3.63, 3.8) is 0 Å². The second-order valence-electron chi connectivity index (χ2n) is 12.2. The molecule has 3 N–H and O–H groups in total. The van der Waals surface area contributed by atoms with Crippen LogP contribution in [0.15, 0.2) is 36.4 Å². The third-order valence-electron chi connectivity index (χ3n) is 8.67. The fourth-order valence-electron chi connectivity index (χ4n) is 5.81. The second-order valence-corrected chi connectivity index (χ2v) is 12.2. The summed E-state index contributed by atoms with van der Waals surface area (Å²) in [5.41, 5.74) is 3.98. The topological polar surface area (TPSA) is 148 Å². The number of esters is 1. The van der Waals surface area contributed by atoms with E-state index in [4.69, 9.17) is 19.2 Å². The van der Waals surface area contributed by atoms with Crippen molar-refractivity contribution in [1.29, 1.82) is 0 Å². The van der Waals surface area contributed by atoms with Crippen molar-refractivity contribution in [3.8, 4) is 0 Å². The molecule has 1 aromatic carbocycles. The number of rotatable bonds is 1. The van der Waals surface area contributed by atoms with Gasteiger partial charge >= 0.3 is 5.97 Å². The number of nitrogens with one attached hydrogen (secondary N) is 3. The van der Waals surface area contributed by atoms with Gasteiger partial charge < -0.3 is 24.8 Å². The molecule has 44 heavy (non-hydrogen) atoms. The molecule has 1 saturated carbocycles. The maximum Gasteiger partial charge on any atom is 0.321 e. The van der Waals surface area contributed by atoms with Crippen LogP contribution in [0.25, 0.3) is 17.0 Å². The summed E-state index contributed by atoms with van der Waals surface area (Å²) in [4.78, 5) is 58.7. The zero-order chi connectivity index (χ0) is 30.8. The first kappa shape index (κ1) is 30.2. The SMILES string of the molecule is CC1NC(=O)C(C2CC2)OC(=O)C2(C=Cc3ccc4ccc(nc4c3)C(C)NC(=O)C3CCCN(N3)C1=O)COCCOC2. The van der Waals surface area contributed by atoms with Crippen LogP contribution < -0.4 is 16.1 Å². The molecule has 4 atom stereocenters. The Bertz CT molecular complexity index is 1470. The van der Waals surface area contributed by atoms with E-state index in [0.29, 0.717) is 38.3 Å². The first-order valence-electron chi connectivity index (χ1n) is 15.4. The lowest BCUT2D eigenvalue weighted by molar-refractivity contribution is -0.169. The standard InChI is InChI=1S/C32H39N5O7/c1-19-24-10-9-22-6-5-21(16-26(22)35-24)11-12-32(17-42-14-15-43-18-32)31(41)44-27(23-7-8-23)29(39)34-20(2)30(40)37-13-3-4-25(36-37)28(38)33-19/h5-6,9-12,16,19-20,23,25,27,36H,3-4,7-8,13-15,17-18H2,1-2H3,(H,33,38)(H,34,39). The first-order chi connectivity index (χ1) is 21.2. The lowest BCUT2D eigenvalue weighted by Crippen LogP contribution is -2.61. The second kappa shape index (κ2) is 12.6. The number of carbonyl (C=O) groups is 4. The number of aromatic nitrogens is 1. The van der Waals surface area contributed by atoms with Gasteiger partial charge in [0.2, 0.25) is 5.91 Å². The maximum atomic E-state index is 13.9. The van der Waals surface area contributed by atoms with Crippen LogP contribution in [0.1, 0.15) is 56.8 Å². The van der Waals surface area contributed by atoms with Gasteiger partial charge in [-0.2, -0.15) is 0 Å². The van der Waals surface area contributed by atoms with Gasteiger partial charge in [0.15, 0.2) is 6.10 Å². The van der Waals surface area contributed by atoms with Crippen LogP contribution in [0.5, 0.6) is 0 Å². The molecule has 0 radical (unpaired) electrons. The highest BCUT2D eigenvalue weighted by Crippen LogP contribution is 2.37. The molecule has 4 unspecified atom stereocenters. The van der Waals surface area contributed by atoms with Crippen LogP contribution in [-0.2, 0) is 33.4 Å². The van der Waals surface area contributed by atoms with Gasteiger partial charge in [-0.25, -0.2) is 5.43 Å². The predicted octanol–water partition coefficient (Wildman–Crippen LogP) is 1.79. The smallest absolute Gasteiger partial charge is 0.321 e. The fourth-order valence-corrected chi connectivity index (χ4v) is 5.81. The largest absolute Gasteiger partial charge is 0.451 e. The minimum Gasteiger partial charge on any atom is -0.451 e. The summed E-state index contributed by atoms with van der Waals surface area (Å²) in [7, 11) is 0. The number of fused-ring (bicyclic) bond motifs is 4. The molecule has 4 aliphatic rings. The van der Waals surface area contributed by atoms with E-state index in [9.17, 15) is 19.2 Å². The Morgan fingerprint density at radius 1 is 0.909 bits per heavy atom. The molecule has 4 heterocycles. The first-order valence-corrected chi connectivity index (χ1v) is 15.4. The van der Waals surface area contributed by atoms with E-state index in [1.807, 2.05) is 43.3 Å². The Morgan fingerprint density at radius 2 is 1.64 bits per heavy atom. The van der Waals surface area contributed by atoms with E-state index in [2.05, 4.69) is 16.1 Å². The number of ether oxygens (including phenoxy) is 3. The molecule has 12 nitrogen and oxygen atoms in total. The number of amides is 3. The molecule has 3 fully saturated rings. The van der Waals surface area contributed by atoms with Gasteiger partial charge in [-0.05, 0) is 57.2 Å². The molecule has 2 saturated heterocycles. The van der Waals surface area contributed by atoms with Gasteiger partial charge in [0, 0.05) is 17.8 Å². The van der Waals surface area contributed by atoms with Crippen LogP contribution in [0.4, 0.5) is 0 Å². The van der Waals surface area contributed by atoms with Crippen molar-refractivity contribution < 1.29 is 33.4 Å². The zero-order valence-corrected chi connectivity index (χ0v) is 25.0. The Hall–Kier alpha value is -3.87. The maximum absolute atomic E-state index is 13.9. The van der Waals surface area contributed by atoms with Gasteiger partial charge in [0.05, 0.1) is 43.7 Å². The lowest BCUT2D eigenvalue weighted by atomic mass is 9.88. The van der Waals surface area contributed by atoms with Crippen LogP contribution in [0, 0.1) is 11.3 Å². The summed E-state index contributed by atoms with van der Waals surface area (Å²) in [6.45, 7) is 4.57. The summed E-state index contributed by atoms with van der Waals surface area (Å²) in [6, 6.07) is 7.71. The minimum absolute atomic E-state index is 0.0330. The number of hydrazine groups is 1. The number of nitrogens with zero attached hydrogens (tertiary/aromatic N) is 2. The molecular weight excluding hydrogens is 566 g/mol. The van der Waals surface area contributed by atoms with Crippen molar-refractivity contribution in [2.45, 2.75) is 63.8 Å². The van der Waals surface area contributed by atoms with Crippen LogP contribution in [0.3, 0.4) is 0 Å². The van der Waals surface area contributed by atoms with Crippen molar-refractivity contribution in [2.24, 2.45) is 11.3 Å². The van der Waals surface area contributed by atoms with E-state index in [0.717, 1.165) is 29.3 Å². The molecule has 3 aliphatic heterocycles. The molecule has 5 bridgehead atoms. The predicted molar refractivity (Wildman–Crippen MR) is 159 cm³/mol. The number of carbonyl (C=O) groups excluding carboxylic acids is 4. The molecule has 12 heteroatoms. The Morgan fingerprint density at radius 3 is 2.39 bits per heavy atom. The van der Waals surface area contributed by atoms with E-state index in [1.54, 1.807) is 13.0 Å². The molecule has 1 spiro atoms. The number of benzene rings is 1. The van der Waals surface area contributed by atoms with Gasteiger partial charge in [-0.15, -0.1) is 0 Å². The van der Waals surface area contributed by atoms with Gasteiger partial charge in [0.1, 0.15) is 17.5 Å². The third-order valence-corrected chi connectivity index (χ3v) is 8.67. The van der Waals surface area contributed by atoms with Crippen LogP contribution >= 0.6 is 0 Å². The number of cyclic esters (lactones) is 1. The molecule has 2 aromatic rings. The third kappa shape index (κ3) is 6.47. The van der Waals surface area contributed by atoms with Crippen molar-refractivity contribution in [1.82, 2.24) is 26.1 Å². The fraction of sp³-hybridized carbons (Fsp3) is 0.531. The summed E-state index contributed by atoms with van der Waals surface area (Å²) in [5.74, 6) is -1.91. The number of hydrogen-bond donors (Lipinski definition) is 3. The Kier molecular flexibility index (Phi) is 8.66. The average Bonchev–Trinajstić information content (AvgIpc) is 3.89. The summed E-state index contributed by atoms with van der Waals surface area (Å²) in [6.07, 6.45) is 5.12. The van der Waals surface area contributed by atoms with E-state index in [-0.39, 0.29) is 37.0 Å². The van der Waals surface area contributed by atoms with Crippen molar-refractivity contribution >= 4 is 40.7 Å². The molecular formula is C32H39N5O7. The molecule has 3 amide bonds. The monoisotopic (exact) mass is 605 g/mol. The minimum atomic E-state index is -1.28. The van der Waals surface area contributed by atoms with E-state index >= 15 is 0 Å². The van der Waals surface area contributed by atoms with Gasteiger partial charge in [0.25, 0.3) is 11.8 Å². The Labute approximate surface area is 255 Å². The molecule has 6 rings (SSSR count). The highest BCUT2D eigenvalue weighted by Gasteiger charge is 2.46. The highest BCUT2D eigenvalue weighted by molar-refractivity contribution is 5.92. The normalized spacial score (nSPS) is 28.7. The summed E-state index contributed by atoms with van der Waals surface area (Å²) in [5, 5.41) is 8.09. The van der Waals surface area contributed by atoms with Gasteiger partial charge in [-0.3, -0.25) is 29.2 Å². The van der Waals surface area contributed by atoms with E-state index < -0.39 is 35.5 Å². The van der Waals surface area contributed by atoms with Crippen molar-refractivity contribution in [2.75, 3.05) is 33.0 Å². The average molecular weight is 606 g/mol. The number of pyridine rings is 1. The molecule has 1 aliphatic carbocycles. The van der Waals surface area contributed by atoms with Crippen LogP contribution in [-0.4, -0.2) is 84.8 Å². The summed E-state index contributed by atoms with van der Waals surface area (Å²) >= 11 is 0. The number of hydrogen-bond acceptors (Lipinski definition) is 9. The van der Waals surface area contributed by atoms with Crippen LogP contribution in [0.2, 0.25) is 0 Å². The van der Waals surface area contributed by atoms with Crippen molar-refractivity contribution in [3.05, 3.63) is 47.7 Å². The zero-order valence-electron chi connectivity index (χ0n) is 25.0. The molecule has 234 valence electrons. The highest BCUT2D eigenvalue weighted by atomic mass is 16.6. The van der Waals surface area contributed by atoms with Gasteiger partial charge in [-0.1, -0.05) is 30.4 Å². The Balaban J connectivity index is 1.37. The lowest BCUT2D eigenvalue weighted by Gasteiger charge is -2.35. The molecule has 1 aromatic heterocycles. The summed E-state index contributed by atoms with van der Waals surface area (Å²) < 4.78 is 17.4. The van der Waals surface area contributed by atoms with E-state index in [1.165, 1.54) is 5.01 Å².